The zero-order valence-electron chi connectivity index (χ0n) is 8.64. The maximum Gasteiger partial charge on any atom is 0.316 e. The number of aromatic nitrogens is 2. The Morgan fingerprint density at radius 3 is 2.44 bits per heavy atom. The van der Waals surface area contributed by atoms with Crippen molar-refractivity contribution in [3.8, 4) is 17.1 Å². The number of benzene rings is 1. The van der Waals surface area contributed by atoms with Crippen molar-refractivity contribution in [1.29, 1.82) is 0 Å². The molecule has 0 amide bonds. The summed E-state index contributed by atoms with van der Waals surface area (Å²) in [6, 6.07) is 4.77. The van der Waals surface area contributed by atoms with Gasteiger partial charge < -0.3 is 10.5 Å². The molecule has 0 unspecified atom stereocenters. The predicted molar refractivity (Wildman–Crippen MR) is 58.4 cm³/mol. The molecule has 0 aliphatic heterocycles. The van der Waals surface area contributed by atoms with E-state index in [9.17, 15) is 4.39 Å². The predicted octanol–water partition coefficient (Wildman–Crippen LogP) is 1.87. The average molecular weight is 219 g/mol. The maximum atomic E-state index is 13.0. The average Bonchev–Trinajstić information content (AvgIpc) is 2.33. The Kier molecular flexibility index (Phi) is 2.68. The number of nitrogens with zero attached hydrogens (tertiary/aromatic N) is 2. The fraction of sp³-hybridized carbons (Fsp3) is 0.0909. The van der Waals surface area contributed by atoms with Crippen LogP contribution in [0.2, 0.25) is 0 Å². The van der Waals surface area contributed by atoms with E-state index in [0.29, 0.717) is 6.01 Å². The number of nitrogen functional groups attached to an aromatic ring is 1. The van der Waals surface area contributed by atoms with Crippen molar-refractivity contribution in [2.45, 2.75) is 0 Å². The number of methoxy groups -OCH3 is 1. The second kappa shape index (κ2) is 4.14. The van der Waals surface area contributed by atoms with Crippen LogP contribution in [0.4, 0.5) is 10.1 Å². The van der Waals surface area contributed by atoms with Gasteiger partial charge in [-0.25, -0.2) is 14.4 Å². The molecule has 5 heteroatoms. The number of ether oxygens (including phenoxy) is 1. The van der Waals surface area contributed by atoms with Crippen molar-refractivity contribution in [1.82, 2.24) is 9.97 Å². The standard InChI is InChI=1S/C11H10FN3O/c1-16-11-14-5-8(6-15-11)7-2-3-9(12)10(13)4-7/h2-6H,13H2,1H3. The molecule has 0 saturated carbocycles. The molecule has 2 rings (SSSR count). The third-order valence-electron chi connectivity index (χ3n) is 2.14. The highest BCUT2D eigenvalue weighted by atomic mass is 19.1. The third-order valence-corrected chi connectivity index (χ3v) is 2.14. The minimum absolute atomic E-state index is 0.105. The van der Waals surface area contributed by atoms with Crippen molar-refractivity contribution < 1.29 is 9.13 Å². The van der Waals surface area contributed by atoms with E-state index in [2.05, 4.69) is 9.97 Å². The molecule has 0 bridgehead atoms. The van der Waals surface area contributed by atoms with Crippen LogP contribution >= 0.6 is 0 Å². The van der Waals surface area contributed by atoms with Gasteiger partial charge in [-0.2, -0.15) is 0 Å². The van der Waals surface area contributed by atoms with Crippen LogP contribution < -0.4 is 10.5 Å². The Hall–Kier alpha value is -2.17. The van der Waals surface area contributed by atoms with Gasteiger partial charge in [-0.15, -0.1) is 0 Å². The summed E-state index contributed by atoms with van der Waals surface area (Å²) < 4.78 is 17.8. The largest absolute Gasteiger partial charge is 0.467 e. The molecule has 2 N–H and O–H groups in total. The first kappa shape index (κ1) is 10.4. The highest BCUT2D eigenvalue weighted by molar-refractivity contribution is 5.66. The van der Waals surface area contributed by atoms with Gasteiger partial charge in [0, 0.05) is 18.0 Å². The Morgan fingerprint density at radius 1 is 1.19 bits per heavy atom. The fourth-order valence-corrected chi connectivity index (χ4v) is 1.29. The van der Waals surface area contributed by atoms with Crippen molar-refractivity contribution in [2.75, 3.05) is 12.8 Å². The SMILES string of the molecule is COc1ncc(-c2ccc(F)c(N)c2)cn1. The molecular weight excluding hydrogens is 209 g/mol. The molecule has 0 radical (unpaired) electrons. The molecule has 0 saturated heterocycles. The van der Waals surface area contributed by atoms with E-state index < -0.39 is 5.82 Å². The molecule has 82 valence electrons. The minimum Gasteiger partial charge on any atom is -0.467 e. The molecule has 1 aromatic heterocycles. The molecule has 0 atom stereocenters. The molecular formula is C11H10FN3O. The van der Waals surface area contributed by atoms with Gasteiger partial charge in [-0.05, 0) is 17.7 Å². The van der Waals surface area contributed by atoms with Crippen molar-refractivity contribution in [3.05, 3.63) is 36.4 Å². The summed E-state index contributed by atoms with van der Waals surface area (Å²) in [4.78, 5) is 7.92. The Morgan fingerprint density at radius 2 is 1.88 bits per heavy atom. The van der Waals surface area contributed by atoms with E-state index in [4.69, 9.17) is 10.5 Å². The summed E-state index contributed by atoms with van der Waals surface area (Å²) in [7, 11) is 1.49. The smallest absolute Gasteiger partial charge is 0.316 e. The van der Waals surface area contributed by atoms with E-state index in [1.807, 2.05) is 0 Å². The number of hydrogen-bond acceptors (Lipinski definition) is 4. The molecule has 0 fully saturated rings. The fourth-order valence-electron chi connectivity index (χ4n) is 1.29. The lowest BCUT2D eigenvalue weighted by molar-refractivity contribution is 0.380. The number of halogens is 1. The lowest BCUT2D eigenvalue weighted by Gasteiger charge is -2.03. The number of anilines is 1. The summed E-state index contributed by atoms with van der Waals surface area (Å²) in [5.41, 5.74) is 7.10. The van der Waals surface area contributed by atoms with Gasteiger partial charge >= 0.3 is 6.01 Å². The number of rotatable bonds is 2. The van der Waals surface area contributed by atoms with Gasteiger partial charge in [-0.1, -0.05) is 6.07 Å². The van der Waals surface area contributed by atoms with E-state index in [1.165, 1.54) is 13.2 Å². The molecule has 4 nitrogen and oxygen atoms in total. The highest BCUT2D eigenvalue weighted by Gasteiger charge is 2.03. The van der Waals surface area contributed by atoms with Gasteiger partial charge in [0.1, 0.15) is 5.82 Å². The maximum absolute atomic E-state index is 13.0. The molecule has 0 aliphatic carbocycles. The lowest BCUT2D eigenvalue weighted by atomic mass is 10.1. The quantitative estimate of drug-likeness (QED) is 0.783. The molecule has 0 spiro atoms. The summed E-state index contributed by atoms with van der Waals surface area (Å²) >= 11 is 0. The van der Waals surface area contributed by atoms with Crippen LogP contribution in [0.25, 0.3) is 11.1 Å². The second-order valence-corrected chi connectivity index (χ2v) is 3.19. The van der Waals surface area contributed by atoms with Gasteiger partial charge in [0.25, 0.3) is 0 Å². The molecule has 1 heterocycles. The minimum atomic E-state index is -0.432. The van der Waals surface area contributed by atoms with E-state index in [-0.39, 0.29) is 5.69 Å². The van der Waals surface area contributed by atoms with E-state index >= 15 is 0 Å². The molecule has 16 heavy (non-hydrogen) atoms. The van der Waals surface area contributed by atoms with Gasteiger partial charge in [0.05, 0.1) is 12.8 Å². The monoisotopic (exact) mass is 219 g/mol. The second-order valence-electron chi connectivity index (χ2n) is 3.19. The van der Waals surface area contributed by atoms with Crippen LogP contribution in [0.15, 0.2) is 30.6 Å². The zero-order valence-corrected chi connectivity index (χ0v) is 8.64. The van der Waals surface area contributed by atoms with Gasteiger partial charge in [-0.3, -0.25) is 0 Å². The van der Waals surface area contributed by atoms with Crippen LogP contribution in [0.5, 0.6) is 6.01 Å². The summed E-state index contributed by atoms with van der Waals surface area (Å²) in [6.45, 7) is 0. The van der Waals surface area contributed by atoms with Crippen LogP contribution in [-0.4, -0.2) is 17.1 Å². The van der Waals surface area contributed by atoms with E-state index in [0.717, 1.165) is 11.1 Å². The Bertz CT molecular complexity index is 499. The zero-order chi connectivity index (χ0) is 11.5. The first-order valence-electron chi connectivity index (χ1n) is 4.62. The van der Waals surface area contributed by atoms with Gasteiger partial charge in [0.2, 0.25) is 0 Å². The van der Waals surface area contributed by atoms with Crippen LogP contribution in [-0.2, 0) is 0 Å². The molecule has 0 aliphatic rings. The summed E-state index contributed by atoms with van der Waals surface area (Å²) in [5, 5.41) is 0. The topological polar surface area (TPSA) is 61.0 Å². The van der Waals surface area contributed by atoms with Crippen LogP contribution in [0, 0.1) is 5.82 Å². The number of hydrogen-bond donors (Lipinski definition) is 1. The molecule has 1 aromatic carbocycles. The van der Waals surface area contributed by atoms with Crippen molar-refractivity contribution in [2.24, 2.45) is 0 Å². The van der Waals surface area contributed by atoms with Crippen molar-refractivity contribution in [3.63, 3.8) is 0 Å². The summed E-state index contributed by atoms with van der Waals surface area (Å²) in [6.07, 6.45) is 3.19. The number of nitrogens with two attached hydrogens (primary N) is 1. The Balaban J connectivity index is 2.38. The van der Waals surface area contributed by atoms with E-state index in [1.54, 1.807) is 24.5 Å². The molecule has 2 aromatic rings. The lowest BCUT2D eigenvalue weighted by Crippen LogP contribution is -1.93. The normalized spacial score (nSPS) is 10.1. The highest BCUT2D eigenvalue weighted by Crippen LogP contribution is 2.22. The van der Waals surface area contributed by atoms with Crippen molar-refractivity contribution >= 4 is 5.69 Å². The first-order chi connectivity index (χ1) is 7.70. The van der Waals surface area contributed by atoms with Crippen LogP contribution in [0.3, 0.4) is 0 Å². The third kappa shape index (κ3) is 1.93. The van der Waals surface area contributed by atoms with Gasteiger partial charge in [0.15, 0.2) is 0 Å². The Labute approximate surface area is 91.9 Å². The first-order valence-corrected chi connectivity index (χ1v) is 4.62. The van der Waals surface area contributed by atoms with Crippen LogP contribution in [0.1, 0.15) is 0 Å². The summed E-state index contributed by atoms with van der Waals surface area (Å²) in [5.74, 6) is -0.432.